The molecule has 21 heavy (non-hydrogen) atoms. The predicted octanol–water partition coefficient (Wildman–Crippen LogP) is 3.35. The second-order valence-corrected chi connectivity index (χ2v) is 4.77. The summed E-state index contributed by atoms with van der Waals surface area (Å²) in [6, 6.07) is 10.0. The number of benzene rings is 1. The number of aromatic nitrogens is 2. The lowest BCUT2D eigenvalue weighted by Gasteiger charge is -2.08. The molecule has 0 fully saturated rings. The first-order valence-corrected chi connectivity index (χ1v) is 7.27. The van der Waals surface area contributed by atoms with Crippen LogP contribution in [-0.4, -0.2) is 21.6 Å². The Morgan fingerprint density at radius 1 is 1.19 bits per heavy atom. The van der Waals surface area contributed by atoms with Crippen molar-refractivity contribution < 1.29 is 5.11 Å². The highest BCUT2D eigenvalue weighted by Gasteiger charge is 2.04. The maximum absolute atomic E-state index is 9.42. The highest BCUT2D eigenvalue weighted by atomic mass is 16.3. The van der Waals surface area contributed by atoms with Gasteiger partial charge in [-0.2, -0.15) is 0 Å². The molecule has 0 aliphatic rings. The summed E-state index contributed by atoms with van der Waals surface area (Å²) in [5.41, 5.74) is 2.43. The summed E-state index contributed by atoms with van der Waals surface area (Å²) < 4.78 is 0. The monoisotopic (exact) mass is 283 g/mol. The zero-order valence-corrected chi connectivity index (χ0v) is 12.3. The van der Waals surface area contributed by atoms with Crippen molar-refractivity contribution in [3.05, 3.63) is 53.5 Å². The van der Waals surface area contributed by atoms with Gasteiger partial charge in [-0.1, -0.05) is 49.8 Å². The van der Waals surface area contributed by atoms with Gasteiger partial charge in [-0.3, -0.25) is 0 Å². The molecule has 1 aromatic carbocycles. The molecule has 4 heteroatoms. The van der Waals surface area contributed by atoms with E-state index in [-0.39, 0.29) is 6.61 Å². The van der Waals surface area contributed by atoms with E-state index in [0.29, 0.717) is 11.5 Å². The summed E-state index contributed by atoms with van der Waals surface area (Å²) in [5, 5.41) is 12.6. The van der Waals surface area contributed by atoms with E-state index in [1.807, 2.05) is 42.5 Å². The Morgan fingerprint density at radius 3 is 2.71 bits per heavy atom. The van der Waals surface area contributed by atoms with Crippen molar-refractivity contribution >= 4 is 18.0 Å². The third-order valence-electron chi connectivity index (χ3n) is 3.08. The maximum atomic E-state index is 9.42. The van der Waals surface area contributed by atoms with Gasteiger partial charge in [0.2, 0.25) is 0 Å². The Balaban J connectivity index is 2.09. The molecule has 0 bridgehead atoms. The fourth-order valence-electron chi connectivity index (χ4n) is 1.91. The smallest absolute Gasteiger partial charge is 0.150 e. The standard InChI is InChI=1S/C17H21N3O/c1-2-3-11-18-17-16(13-21)20-15(12-19-17)10-9-14-7-5-4-6-8-14/h4-10,12,21H,2-3,11,13H2,1H3,(H,18,19)/b10-9+. The molecule has 0 radical (unpaired) electrons. The number of anilines is 1. The van der Waals surface area contributed by atoms with Gasteiger partial charge in [0.05, 0.1) is 18.5 Å². The van der Waals surface area contributed by atoms with Crippen LogP contribution in [0.1, 0.15) is 36.7 Å². The second-order valence-electron chi connectivity index (χ2n) is 4.77. The van der Waals surface area contributed by atoms with Crippen LogP contribution in [0.15, 0.2) is 36.5 Å². The van der Waals surface area contributed by atoms with Crippen LogP contribution in [-0.2, 0) is 6.61 Å². The third-order valence-corrected chi connectivity index (χ3v) is 3.08. The van der Waals surface area contributed by atoms with Crippen LogP contribution in [0.2, 0.25) is 0 Å². The van der Waals surface area contributed by atoms with E-state index < -0.39 is 0 Å². The molecule has 0 aliphatic carbocycles. The van der Waals surface area contributed by atoms with E-state index >= 15 is 0 Å². The lowest BCUT2D eigenvalue weighted by Crippen LogP contribution is -2.08. The Labute approximate surface area is 125 Å². The van der Waals surface area contributed by atoms with Crippen LogP contribution in [0.4, 0.5) is 5.82 Å². The van der Waals surface area contributed by atoms with E-state index in [9.17, 15) is 5.11 Å². The molecular formula is C17H21N3O. The molecule has 0 unspecified atom stereocenters. The molecule has 0 saturated heterocycles. The van der Waals surface area contributed by atoms with Crippen LogP contribution in [0.3, 0.4) is 0 Å². The van der Waals surface area contributed by atoms with Gasteiger partial charge in [0.1, 0.15) is 11.5 Å². The normalized spacial score (nSPS) is 11.0. The molecule has 1 heterocycles. The second kappa shape index (κ2) is 8.17. The van der Waals surface area contributed by atoms with Gasteiger partial charge < -0.3 is 10.4 Å². The highest BCUT2D eigenvalue weighted by molar-refractivity contribution is 5.68. The first-order chi connectivity index (χ1) is 10.3. The van der Waals surface area contributed by atoms with Gasteiger partial charge in [0, 0.05) is 6.54 Å². The van der Waals surface area contributed by atoms with Crippen molar-refractivity contribution in [2.24, 2.45) is 0 Å². The first kappa shape index (κ1) is 15.2. The Hall–Kier alpha value is -2.20. The minimum absolute atomic E-state index is 0.117. The van der Waals surface area contributed by atoms with E-state index in [2.05, 4.69) is 22.2 Å². The summed E-state index contributed by atoms with van der Waals surface area (Å²) in [5.74, 6) is 0.669. The van der Waals surface area contributed by atoms with Gasteiger partial charge in [0.25, 0.3) is 0 Å². The maximum Gasteiger partial charge on any atom is 0.150 e. The van der Waals surface area contributed by atoms with Crippen LogP contribution >= 0.6 is 0 Å². The molecule has 0 atom stereocenters. The largest absolute Gasteiger partial charge is 0.390 e. The van der Waals surface area contributed by atoms with Crippen LogP contribution in [0.25, 0.3) is 12.2 Å². The van der Waals surface area contributed by atoms with E-state index in [4.69, 9.17) is 0 Å². The van der Waals surface area contributed by atoms with Crippen LogP contribution in [0, 0.1) is 0 Å². The SMILES string of the molecule is CCCCNc1ncc(/C=C/c2ccccc2)nc1CO. The zero-order chi connectivity index (χ0) is 14.9. The fraction of sp³-hybridized carbons (Fsp3) is 0.294. The molecule has 0 amide bonds. The minimum Gasteiger partial charge on any atom is -0.390 e. The topological polar surface area (TPSA) is 58.0 Å². The van der Waals surface area contributed by atoms with E-state index in [1.54, 1.807) is 6.20 Å². The predicted molar refractivity (Wildman–Crippen MR) is 86.7 cm³/mol. The Bertz CT molecular complexity index is 582. The summed E-state index contributed by atoms with van der Waals surface area (Å²) in [6.07, 6.45) is 7.79. The average Bonchev–Trinajstić information content (AvgIpc) is 2.55. The van der Waals surface area contributed by atoms with E-state index in [1.165, 1.54) is 0 Å². The molecule has 0 saturated carbocycles. The Kier molecular flexibility index (Phi) is 5.91. The Morgan fingerprint density at radius 2 is 2.00 bits per heavy atom. The van der Waals surface area contributed by atoms with Crippen LogP contribution in [0.5, 0.6) is 0 Å². The van der Waals surface area contributed by atoms with Crippen molar-refractivity contribution in [2.75, 3.05) is 11.9 Å². The van der Waals surface area contributed by atoms with Gasteiger partial charge in [-0.25, -0.2) is 9.97 Å². The molecule has 1 aromatic heterocycles. The molecule has 4 nitrogen and oxygen atoms in total. The lowest BCUT2D eigenvalue weighted by molar-refractivity contribution is 0.277. The summed E-state index contributed by atoms with van der Waals surface area (Å²) in [6.45, 7) is 2.86. The van der Waals surface area contributed by atoms with Gasteiger partial charge in [-0.15, -0.1) is 0 Å². The molecule has 0 aliphatic heterocycles. The quantitative estimate of drug-likeness (QED) is 0.765. The number of hydrogen-bond acceptors (Lipinski definition) is 4. The fourth-order valence-corrected chi connectivity index (χ4v) is 1.91. The number of nitrogens with zero attached hydrogens (tertiary/aromatic N) is 2. The molecule has 0 spiro atoms. The number of nitrogens with one attached hydrogen (secondary N) is 1. The lowest BCUT2D eigenvalue weighted by atomic mass is 10.2. The van der Waals surface area contributed by atoms with E-state index in [0.717, 1.165) is 30.6 Å². The minimum atomic E-state index is -0.117. The highest BCUT2D eigenvalue weighted by Crippen LogP contribution is 2.12. The number of hydrogen-bond donors (Lipinski definition) is 2. The van der Waals surface area contributed by atoms with Crippen molar-refractivity contribution in [3.63, 3.8) is 0 Å². The molecule has 2 N–H and O–H groups in total. The van der Waals surface area contributed by atoms with Crippen molar-refractivity contribution in [3.8, 4) is 0 Å². The van der Waals surface area contributed by atoms with Gasteiger partial charge >= 0.3 is 0 Å². The van der Waals surface area contributed by atoms with Crippen LogP contribution < -0.4 is 5.32 Å². The first-order valence-electron chi connectivity index (χ1n) is 7.27. The molecule has 2 aromatic rings. The number of aliphatic hydroxyl groups is 1. The van der Waals surface area contributed by atoms with Crippen molar-refractivity contribution in [1.29, 1.82) is 0 Å². The number of aliphatic hydroxyl groups excluding tert-OH is 1. The van der Waals surface area contributed by atoms with Gasteiger partial charge in [0.15, 0.2) is 0 Å². The number of unbranched alkanes of at least 4 members (excludes halogenated alkanes) is 1. The number of rotatable bonds is 7. The molecule has 2 rings (SSSR count). The zero-order valence-electron chi connectivity index (χ0n) is 12.3. The molecular weight excluding hydrogens is 262 g/mol. The third kappa shape index (κ3) is 4.68. The molecule has 110 valence electrons. The van der Waals surface area contributed by atoms with Gasteiger partial charge in [-0.05, 0) is 18.1 Å². The summed E-state index contributed by atoms with van der Waals surface area (Å²) >= 11 is 0. The summed E-state index contributed by atoms with van der Waals surface area (Å²) in [4.78, 5) is 8.77. The average molecular weight is 283 g/mol. The summed E-state index contributed by atoms with van der Waals surface area (Å²) in [7, 11) is 0. The van der Waals surface area contributed by atoms with Crippen molar-refractivity contribution in [1.82, 2.24) is 9.97 Å². The van der Waals surface area contributed by atoms with Crippen molar-refractivity contribution in [2.45, 2.75) is 26.4 Å².